The van der Waals surface area contributed by atoms with E-state index in [4.69, 9.17) is 14.2 Å². The van der Waals surface area contributed by atoms with Crippen molar-refractivity contribution in [2.24, 2.45) is 11.8 Å². The maximum absolute atomic E-state index is 10.4. The van der Waals surface area contributed by atoms with Gasteiger partial charge >= 0.3 is 0 Å². The van der Waals surface area contributed by atoms with Crippen molar-refractivity contribution in [3.05, 3.63) is 23.8 Å². The van der Waals surface area contributed by atoms with Crippen LogP contribution in [0.25, 0.3) is 0 Å². The number of aliphatic hydroxyl groups is 1. The average Bonchev–Trinajstić information content (AvgIpc) is 2.66. The Morgan fingerprint density at radius 3 is 2.62 bits per heavy atom. The monoisotopic (exact) mass is 368 g/mol. The van der Waals surface area contributed by atoms with Crippen LogP contribution >= 0.6 is 0 Å². The smallest absolute Gasteiger partial charge is 0.105 e. The van der Waals surface area contributed by atoms with E-state index in [2.05, 4.69) is 39.8 Å². The van der Waals surface area contributed by atoms with Gasteiger partial charge in [0.05, 0.1) is 18.3 Å². The first-order chi connectivity index (χ1) is 12.4. The summed E-state index contributed by atoms with van der Waals surface area (Å²) in [6, 6.07) is 0. The van der Waals surface area contributed by atoms with Crippen LogP contribution in [-0.2, 0) is 14.2 Å². The number of allylic oxidation sites excluding steroid dienone is 2. The fourth-order valence-corrected chi connectivity index (χ4v) is 3.71. The van der Waals surface area contributed by atoms with Gasteiger partial charge in [-0.2, -0.15) is 0 Å². The van der Waals surface area contributed by atoms with Crippen molar-refractivity contribution >= 4 is 0 Å². The van der Waals surface area contributed by atoms with Crippen molar-refractivity contribution in [3.8, 4) is 0 Å². The first-order valence-corrected chi connectivity index (χ1v) is 10.1. The Labute approximate surface area is 160 Å². The molecular formula is C22H40O4. The Hall–Kier alpha value is -0.680. The number of methoxy groups -OCH3 is 2. The predicted octanol–water partition coefficient (Wildman–Crippen LogP) is 4.52. The molecule has 1 N–H and O–H groups in total. The number of aliphatic hydroxyl groups excluding tert-OH is 1. The molecule has 1 aliphatic rings. The van der Waals surface area contributed by atoms with E-state index in [-0.39, 0.29) is 30.3 Å². The number of hydrogen-bond donors (Lipinski definition) is 1. The molecule has 1 saturated heterocycles. The molecule has 6 unspecified atom stereocenters. The summed E-state index contributed by atoms with van der Waals surface area (Å²) in [7, 11) is 3.52. The van der Waals surface area contributed by atoms with E-state index in [9.17, 15) is 5.11 Å². The molecule has 1 aliphatic heterocycles. The van der Waals surface area contributed by atoms with E-state index in [1.807, 2.05) is 6.08 Å². The summed E-state index contributed by atoms with van der Waals surface area (Å²) in [5, 5.41) is 10.4. The molecule has 0 aromatic heterocycles. The third-order valence-electron chi connectivity index (χ3n) is 5.66. The molecule has 0 amide bonds. The topological polar surface area (TPSA) is 47.9 Å². The Bertz CT molecular complexity index is 428. The van der Waals surface area contributed by atoms with Crippen LogP contribution in [0.1, 0.15) is 59.8 Å². The zero-order valence-corrected chi connectivity index (χ0v) is 17.6. The Balaban J connectivity index is 2.48. The first-order valence-electron chi connectivity index (χ1n) is 10.1. The minimum Gasteiger partial charge on any atom is -0.393 e. The van der Waals surface area contributed by atoms with Gasteiger partial charge in [-0.1, -0.05) is 39.0 Å². The standard InChI is InChI=1S/C22H40O4/c1-7-20(24-5)17(3)13-14-19(23)16(2)10-8-11-18(4)22-21(25-6)12-9-15-26-22/h8,10-11,16-17,19-23H,7,9,12-15H2,1-6H3/b10-8+,18-11+. The van der Waals surface area contributed by atoms with Gasteiger partial charge in [0.2, 0.25) is 0 Å². The molecule has 0 bridgehead atoms. The molecule has 1 rings (SSSR count). The third-order valence-corrected chi connectivity index (χ3v) is 5.66. The molecule has 4 nitrogen and oxygen atoms in total. The Morgan fingerprint density at radius 2 is 2.00 bits per heavy atom. The highest BCUT2D eigenvalue weighted by atomic mass is 16.5. The molecule has 26 heavy (non-hydrogen) atoms. The van der Waals surface area contributed by atoms with Crippen molar-refractivity contribution in [3.63, 3.8) is 0 Å². The molecule has 0 radical (unpaired) electrons. The van der Waals surface area contributed by atoms with Gasteiger partial charge < -0.3 is 19.3 Å². The highest BCUT2D eigenvalue weighted by molar-refractivity contribution is 5.17. The normalized spacial score (nSPS) is 26.7. The van der Waals surface area contributed by atoms with Gasteiger partial charge in [-0.3, -0.25) is 0 Å². The second-order valence-electron chi connectivity index (χ2n) is 7.67. The van der Waals surface area contributed by atoms with E-state index in [0.717, 1.165) is 38.7 Å². The molecule has 0 aromatic rings. The molecular weight excluding hydrogens is 328 g/mol. The average molecular weight is 369 g/mol. The lowest BCUT2D eigenvalue weighted by molar-refractivity contribution is -0.0727. The Morgan fingerprint density at radius 1 is 1.27 bits per heavy atom. The van der Waals surface area contributed by atoms with Gasteiger partial charge in [0.25, 0.3) is 0 Å². The second kappa shape index (κ2) is 12.7. The lowest BCUT2D eigenvalue weighted by Crippen LogP contribution is -2.36. The molecule has 6 atom stereocenters. The summed E-state index contributed by atoms with van der Waals surface area (Å²) in [6.07, 6.45) is 11.2. The third kappa shape index (κ3) is 7.51. The molecule has 1 heterocycles. The van der Waals surface area contributed by atoms with Crippen molar-refractivity contribution < 1.29 is 19.3 Å². The highest BCUT2D eigenvalue weighted by Crippen LogP contribution is 2.23. The van der Waals surface area contributed by atoms with Gasteiger partial charge in [0.15, 0.2) is 0 Å². The summed E-state index contributed by atoms with van der Waals surface area (Å²) in [6.45, 7) is 9.30. The van der Waals surface area contributed by atoms with E-state index in [0.29, 0.717) is 5.92 Å². The zero-order valence-electron chi connectivity index (χ0n) is 17.6. The highest BCUT2D eigenvalue weighted by Gasteiger charge is 2.26. The van der Waals surface area contributed by atoms with E-state index in [1.165, 1.54) is 5.57 Å². The Kier molecular flexibility index (Phi) is 11.4. The molecule has 1 fully saturated rings. The zero-order chi connectivity index (χ0) is 19.5. The minimum atomic E-state index is -0.325. The second-order valence-corrected chi connectivity index (χ2v) is 7.67. The van der Waals surface area contributed by atoms with Gasteiger partial charge in [-0.15, -0.1) is 0 Å². The molecule has 4 heteroatoms. The summed E-state index contributed by atoms with van der Waals surface area (Å²) < 4.78 is 16.9. The van der Waals surface area contributed by atoms with E-state index < -0.39 is 0 Å². The number of hydrogen-bond acceptors (Lipinski definition) is 4. The quantitative estimate of drug-likeness (QED) is 0.545. The molecule has 0 spiro atoms. The van der Waals surface area contributed by atoms with Crippen molar-refractivity contribution in [1.29, 1.82) is 0 Å². The van der Waals surface area contributed by atoms with Gasteiger partial charge in [0, 0.05) is 26.7 Å². The summed E-state index contributed by atoms with van der Waals surface area (Å²) in [5.74, 6) is 0.590. The fourth-order valence-electron chi connectivity index (χ4n) is 3.71. The van der Waals surface area contributed by atoms with Crippen LogP contribution in [-0.4, -0.2) is 50.3 Å². The lowest BCUT2D eigenvalue weighted by Gasteiger charge is -2.31. The SMILES string of the molecule is CCC(OC)C(C)CCC(O)C(C)/C=C/C=C(\C)C1OCCCC1OC. The van der Waals surface area contributed by atoms with E-state index in [1.54, 1.807) is 14.2 Å². The summed E-state index contributed by atoms with van der Waals surface area (Å²) in [4.78, 5) is 0. The number of rotatable bonds is 11. The van der Waals surface area contributed by atoms with Crippen LogP contribution in [0.3, 0.4) is 0 Å². The van der Waals surface area contributed by atoms with Crippen LogP contribution in [0.5, 0.6) is 0 Å². The van der Waals surface area contributed by atoms with Crippen molar-refractivity contribution in [2.45, 2.75) is 84.2 Å². The molecule has 0 aliphatic carbocycles. The lowest BCUT2D eigenvalue weighted by atomic mass is 9.91. The van der Waals surface area contributed by atoms with Crippen molar-refractivity contribution in [1.82, 2.24) is 0 Å². The predicted molar refractivity (Wildman–Crippen MR) is 107 cm³/mol. The molecule has 0 aromatic carbocycles. The maximum atomic E-state index is 10.4. The first kappa shape index (κ1) is 23.4. The number of ether oxygens (including phenoxy) is 3. The molecule has 0 saturated carbocycles. The maximum Gasteiger partial charge on any atom is 0.105 e. The van der Waals surface area contributed by atoms with Gasteiger partial charge in [0.1, 0.15) is 6.10 Å². The largest absolute Gasteiger partial charge is 0.393 e. The van der Waals surface area contributed by atoms with Crippen LogP contribution in [0.15, 0.2) is 23.8 Å². The fraction of sp³-hybridized carbons (Fsp3) is 0.818. The summed E-state index contributed by atoms with van der Waals surface area (Å²) in [5.41, 5.74) is 1.17. The van der Waals surface area contributed by atoms with Crippen LogP contribution < -0.4 is 0 Å². The van der Waals surface area contributed by atoms with Gasteiger partial charge in [-0.25, -0.2) is 0 Å². The van der Waals surface area contributed by atoms with Gasteiger partial charge in [-0.05, 0) is 50.5 Å². The molecule has 152 valence electrons. The van der Waals surface area contributed by atoms with Crippen molar-refractivity contribution in [2.75, 3.05) is 20.8 Å². The van der Waals surface area contributed by atoms with E-state index >= 15 is 0 Å². The summed E-state index contributed by atoms with van der Waals surface area (Å²) >= 11 is 0. The van der Waals surface area contributed by atoms with Crippen LogP contribution in [0, 0.1) is 11.8 Å². The van der Waals surface area contributed by atoms with Crippen LogP contribution in [0.4, 0.5) is 0 Å². The van der Waals surface area contributed by atoms with Crippen LogP contribution in [0.2, 0.25) is 0 Å². The minimum absolute atomic E-state index is 0.0412.